The number of Topliss-reactive ketones (excluding diaryl/α,β-unsaturated/α-hetero) is 2. The van der Waals surface area contributed by atoms with Crippen LogP contribution in [-0.4, -0.2) is 21.7 Å². The van der Waals surface area contributed by atoms with Crippen molar-refractivity contribution in [3.8, 4) is 5.75 Å². The summed E-state index contributed by atoms with van der Waals surface area (Å²) < 4.78 is 3.13. The monoisotopic (exact) mass is 651 g/mol. The van der Waals surface area contributed by atoms with Gasteiger partial charge in [0, 0.05) is 34.4 Å². The highest BCUT2D eigenvalue weighted by molar-refractivity contribution is 9.15. The summed E-state index contributed by atoms with van der Waals surface area (Å²) in [6.45, 7) is 0. The Balaban J connectivity index is 1.74. The normalized spacial score (nSPS) is 14.1. The number of benzene rings is 3. The molecular weight excluding hydrogens is 646 g/mol. The van der Waals surface area contributed by atoms with Gasteiger partial charge in [-0.25, -0.2) is 4.98 Å². The first-order valence-electron chi connectivity index (χ1n) is 8.76. The van der Waals surface area contributed by atoms with E-state index in [1.165, 1.54) is 0 Å². The van der Waals surface area contributed by atoms with Gasteiger partial charge in [0.1, 0.15) is 17.4 Å². The summed E-state index contributed by atoms with van der Waals surface area (Å²) in [5.74, 6) is -2.05. The lowest BCUT2D eigenvalue weighted by atomic mass is 9.97. The Morgan fingerprint density at radius 2 is 1.30 bits per heavy atom. The van der Waals surface area contributed by atoms with Crippen LogP contribution < -0.4 is 0 Å². The van der Waals surface area contributed by atoms with Crippen LogP contribution in [0.15, 0.2) is 60.4 Å². The van der Waals surface area contributed by atoms with Gasteiger partial charge in [-0.05, 0) is 98.8 Å². The quantitative estimate of drug-likeness (QED) is 0.133. The summed E-state index contributed by atoms with van der Waals surface area (Å²) >= 11 is 14.2. The number of para-hydroxylation sites is 1. The number of aromatic nitrogens is 1. The predicted molar refractivity (Wildman–Crippen MR) is 130 cm³/mol. The third-order valence-corrected chi connectivity index (χ3v) is 10.1. The van der Waals surface area contributed by atoms with E-state index in [0.29, 0.717) is 16.6 Å². The summed E-state index contributed by atoms with van der Waals surface area (Å²) in [7, 11) is 0. The van der Waals surface area contributed by atoms with Gasteiger partial charge in [-0.1, -0.05) is 18.2 Å². The van der Waals surface area contributed by atoms with E-state index in [2.05, 4.69) is 68.7 Å². The minimum atomic E-state index is -1.16. The van der Waals surface area contributed by atoms with Crippen molar-refractivity contribution in [1.29, 1.82) is 0 Å². The van der Waals surface area contributed by atoms with Crippen molar-refractivity contribution in [3.63, 3.8) is 0 Å². The van der Waals surface area contributed by atoms with Crippen molar-refractivity contribution in [1.82, 2.24) is 4.98 Å². The Hall–Kier alpha value is -1.61. The topological polar surface area (TPSA) is 67.3 Å². The maximum atomic E-state index is 13.3. The number of nitrogens with zero attached hydrogens (tertiary/aromatic N) is 1. The van der Waals surface area contributed by atoms with Crippen molar-refractivity contribution in [2.45, 2.75) is 5.92 Å². The van der Waals surface area contributed by atoms with Gasteiger partial charge in [-0.2, -0.15) is 0 Å². The van der Waals surface area contributed by atoms with Gasteiger partial charge < -0.3 is 5.11 Å². The lowest BCUT2D eigenvalue weighted by Gasteiger charge is -2.11. The Labute approximate surface area is 204 Å². The Morgan fingerprint density at radius 3 is 1.87 bits per heavy atom. The van der Waals surface area contributed by atoms with Crippen LogP contribution in [0.25, 0.3) is 21.7 Å². The molecule has 1 N–H and O–H groups in total. The molecule has 0 saturated heterocycles. The molecule has 5 rings (SSSR count). The molecule has 0 unspecified atom stereocenters. The van der Waals surface area contributed by atoms with E-state index in [0.717, 1.165) is 34.0 Å². The number of carbonyl (C=O) groups is 2. The van der Waals surface area contributed by atoms with Gasteiger partial charge in [0.05, 0.1) is 5.52 Å². The standard InChI is InChI=1S/C22H9Br4NO3/c23-16-9-6-11-12(7-10(9)17(24)19(26)18(16)25)22(30)15(21(11)29)20-14(28)5-8-3-1-2-4-13(8)27-20/h1-7,15,28H. The zero-order valence-electron chi connectivity index (χ0n) is 14.8. The fourth-order valence-electron chi connectivity index (χ4n) is 3.81. The Morgan fingerprint density at radius 1 is 0.767 bits per heavy atom. The number of ketones is 2. The van der Waals surface area contributed by atoms with Crippen molar-refractivity contribution in [3.05, 3.63) is 77.2 Å². The van der Waals surface area contributed by atoms with Gasteiger partial charge >= 0.3 is 0 Å². The molecule has 0 saturated carbocycles. The number of pyridine rings is 1. The Kier molecular flexibility index (Phi) is 4.89. The number of aromatic hydroxyl groups is 1. The molecule has 0 aliphatic heterocycles. The van der Waals surface area contributed by atoms with Crippen LogP contribution in [0.5, 0.6) is 5.75 Å². The summed E-state index contributed by atoms with van der Waals surface area (Å²) in [5.41, 5.74) is 1.36. The molecule has 1 aliphatic carbocycles. The van der Waals surface area contributed by atoms with E-state index >= 15 is 0 Å². The van der Waals surface area contributed by atoms with Crippen LogP contribution in [0.2, 0.25) is 0 Å². The molecule has 0 spiro atoms. The van der Waals surface area contributed by atoms with E-state index in [1.54, 1.807) is 24.3 Å². The second-order valence-corrected chi connectivity index (χ2v) is 10.1. The van der Waals surface area contributed by atoms with Crippen molar-refractivity contribution in [2.75, 3.05) is 0 Å². The van der Waals surface area contributed by atoms with Crippen LogP contribution in [0.3, 0.4) is 0 Å². The largest absolute Gasteiger partial charge is 0.506 e. The first-order valence-corrected chi connectivity index (χ1v) is 11.9. The fraction of sp³-hybridized carbons (Fsp3) is 0.0455. The van der Waals surface area contributed by atoms with Gasteiger partial charge in [0.25, 0.3) is 0 Å². The van der Waals surface area contributed by atoms with Gasteiger partial charge in [0.2, 0.25) is 0 Å². The number of rotatable bonds is 1. The second kappa shape index (κ2) is 7.22. The molecule has 0 atom stereocenters. The lowest BCUT2D eigenvalue weighted by molar-refractivity contribution is 0.0886. The molecule has 0 fully saturated rings. The van der Waals surface area contributed by atoms with Gasteiger partial charge in [-0.3, -0.25) is 9.59 Å². The van der Waals surface area contributed by atoms with E-state index in [-0.39, 0.29) is 23.0 Å². The van der Waals surface area contributed by atoms with E-state index < -0.39 is 5.92 Å². The van der Waals surface area contributed by atoms with Gasteiger partial charge in [0.15, 0.2) is 11.6 Å². The molecule has 4 nitrogen and oxygen atoms in total. The van der Waals surface area contributed by atoms with E-state index in [9.17, 15) is 14.7 Å². The lowest BCUT2D eigenvalue weighted by Crippen LogP contribution is -2.14. The first-order chi connectivity index (χ1) is 14.3. The number of fused-ring (bicyclic) bond motifs is 3. The smallest absolute Gasteiger partial charge is 0.180 e. The summed E-state index contributed by atoms with van der Waals surface area (Å²) in [5, 5.41) is 12.8. The third kappa shape index (κ3) is 2.84. The highest BCUT2D eigenvalue weighted by atomic mass is 79.9. The summed E-state index contributed by atoms with van der Waals surface area (Å²) in [4.78, 5) is 31.0. The Bertz CT molecular complexity index is 1380. The highest BCUT2D eigenvalue weighted by Crippen LogP contribution is 2.46. The second-order valence-electron chi connectivity index (χ2n) is 6.95. The maximum absolute atomic E-state index is 13.3. The summed E-state index contributed by atoms with van der Waals surface area (Å²) in [6, 6.07) is 12.2. The molecule has 0 radical (unpaired) electrons. The average Bonchev–Trinajstić information content (AvgIpc) is 2.99. The molecule has 1 aliphatic rings. The molecule has 8 heteroatoms. The SMILES string of the molecule is O=C1c2cc3c(Br)c(Br)c(Br)c(Br)c3cc2C(=O)C1c1nc2ccccc2cc1O. The van der Waals surface area contributed by atoms with Crippen LogP contribution in [-0.2, 0) is 0 Å². The average molecular weight is 655 g/mol. The van der Waals surface area contributed by atoms with Gasteiger partial charge in [-0.15, -0.1) is 0 Å². The first kappa shape index (κ1) is 20.3. The minimum absolute atomic E-state index is 0.0875. The molecule has 4 aromatic rings. The van der Waals surface area contributed by atoms with Crippen LogP contribution in [0, 0.1) is 0 Å². The van der Waals surface area contributed by atoms with Crippen LogP contribution in [0.1, 0.15) is 32.3 Å². The van der Waals surface area contributed by atoms with E-state index in [4.69, 9.17) is 0 Å². The fourth-order valence-corrected chi connectivity index (χ4v) is 6.22. The number of hydrogen-bond acceptors (Lipinski definition) is 4. The highest BCUT2D eigenvalue weighted by Gasteiger charge is 2.42. The third-order valence-electron chi connectivity index (χ3n) is 5.27. The molecule has 0 amide bonds. The van der Waals surface area contributed by atoms with Crippen LogP contribution >= 0.6 is 63.7 Å². The van der Waals surface area contributed by atoms with Crippen LogP contribution in [0.4, 0.5) is 0 Å². The number of halogens is 4. The van der Waals surface area contributed by atoms with Crippen molar-refractivity contribution < 1.29 is 14.7 Å². The number of carbonyl (C=O) groups excluding carboxylic acids is 2. The minimum Gasteiger partial charge on any atom is -0.506 e. The maximum Gasteiger partial charge on any atom is 0.180 e. The zero-order valence-corrected chi connectivity index (χ0v) is 21.2. The molecule has 3 aromatic carbocycles. The number of hydrogen-bond donors (Lipinski definition) is 1. The van der Waals surface area contributed by atoms with E-state index in [1.807, 2.05) is 18.2 Å². The zero-order chi connectivity index (χ0) is 21.3. The molecule has 30 heavy (non-hydrogen) atoms. The molecule has 0 bridgehead atoms. The molecule has 1 heterocycles. The van der Waals surface area contributed by atoms with Crippen molar-refractivity contribution in [2.24, 2.45) is 0 Å². The molecule has 1 aromatic heterocycles. The molecular formula is C22H9Br4NO3. The van der Waals surface area contributed by atoms with Crippen molar-refractivity contribution >= 4 is 97.0 Å². The molecule has 148 valence electrons. The predicted octanol–water partition coefficient (Wildman–Crippen LogP) is 7.31. The summed E-state index contributed by atoms with van der Waals surface area (Å²) in [6.07, 6.45) is 0.